The van der Waals surface area contributed by atoms with Crippen molar-refractivity contribution in [2.75, 3.05) is 5.32 Å². The Bertz CT molecular complexity index is 564. The number of unbranched alkanes of at least 4 members (excludes halogenated alkanes) is 1. The minimum atomic E-state index is -3.92. The van der Waals surface area contributed by atoms with Gasteiger partial charge in [0.2, 0.25) is 5.91 Å². The molecule has 0 saturated carbocycles. The maximum absolute atomic E-state index is 11.6. The first-order chi connectivity index (χ1) is 8.75. The normalized spacial score (nSPS) is 11.4. The molecule has 0 fully saturated rings. The van der Waals surface area contributed by atoms with E-state index in [1.807, 2.05) is 6.92 Å². The van der Waals surface area contributed by atoms with Gasteiger partial charge < -0.3 is 5.32 Å². The summed E-state index contributed by atoms with van der Waals surface area (Å²) in [7, 11) is 1.28. The van der Waals surface area contributed by atoms with E-state index in [1.54, 1.807) is 0 Å². The number of carbonyl (C=O) groups is 1. The van der Waals surface area contributed by atoms with Gasteiger partial charge in [-0.3, -0.25) is 4.79 Å². The number of halogens is 3. The van der Waals surface area contributed by atoms with Gasteiger partial charge in [-0.15, -0.1) is 0 Å². The van der Waals surface area contributed by atoms with Gasteiger partial charge in [-0.2, -0.15) is 0 Å². The number of hydrogen-bond acceptors (Lipinski definition) is 3. The van der Waals surface area contributed by atoms with Crippen LogP contribution in [0.25, 0.3) is 0 Å². The fourth-order valence-corrected chi connectivity index (χ4v) is 2.84. The minimum Gasteiger partial charge on any atom is -0.324 e. The average Bonchev–Trinajstić information content (AvgIpc) is 2.29. The van der Waals surface area contributed by atoms with Crippen LogP contribution in [0.4, 0.5) is 5.69 Å². The quantitative estimate of drug-likeness (QED) is 0.820. The fraction of sp³-hybridized carbons (Fsp3) is 0.364. The molecule has 1 aromatic rings. The molecular formula is C11H12Cl3NO3S. The first-order valence-corrected chi connectivity index (χ1v) is 8.55. The van der Waals surface area contributed by atoms with Crippen LogP contribution >= 0.6 is 33.9 Å². The van der Waals surface area contributed by atoms with Crippen LogP contribution in [0.3, 0.4) is 0 Å². The lowest BCUT2D eigenvalue weighted by Gasteiger charge is -2.10. The van der Waals surface area contributed by atoms with Gasteiger partial charge >= 0.3 is 0 Å². The van der Waals surface area contributed by atoms with E-state index in [0.717, 1.165) is 25.0 Å². The van der Waals surface area contributed by atoms with E-state index < -0.39 is 9.05 Å². The summed E-state index contributed by atoms with van der Waals surface area (Å²) in [4.78, 5) is 11.4. The van der Waals surface area contributed by atoms with E-state index in [0.29, 0.717) is 6.42 Å². The summed E-state index contributed by atoms with van der Waals surface area (Å²) in [5, 5.41) is 2.60. The highest BCUT2D eigenvalue weighted by atomic mass is 35.7. The van der Waals surface area contributed by atoms with Gasteiger partial charge in [0.05, 0.1) is 20.6 Å². The van der Waals surface area contributed by atoms with Crippen LogP contribution in [0.2, 0.25) is 10.0 Å². The second-order valence-corrected chi connectivity index (χ2v) is 7.23. The van der Waals surface area contributed by atoms with Gasteiger partial charge in [-0.25, -0.2) is 8.42 Å². The zero-order valence-electron chi connectivity index (χ0n) is 10.0. The number of hydrogen-bond donors (Lipinski definition) is 1. The summed E-state index contributed by atoms with van der Waals surface area (Å²) in [6, 6.07) is 2.29. The predicted molar refractivity (Wildman–Crippen MR) is 77.7 cm³/mol. The molecule has 1 amide bonds. The molecule has 0 aliphatic rings. The zero-order chi connectivity index (χ0) is 14.6. The number of amides is 1. The molecule has 0 radical (unpaired) electrons. The molecule has 0 aliphatic carbocycles. The lowest BCUT2D eigenvalue weighted by molar-refractivity contribution is -0.116. The fourth-order valence-electron chi connectivity index (χ4n) is 1.35. The Balaban J connectivity index is 3.01. The molecule has 0 atom stereocenters. The van der Waals surface area contributed by atoms with Crippen molar-refractivity contribution in [1.82, 2.24) is 0 Å². The first-order valence-electron chi connectivity index (χ1n) is 5.49. The Labute approximate surface area is 126 Å². The van der Waals surface area contributed by atoms with E-state index in [1.165, 1.54) is 0 Å². The SMILES string of the molecule is CCCCC(=O)Nc1c(Cl)cc(S(=O)(=O)Cl)cc1Cl. The molecule has 0 aromatic heterocycles. The maximum atomic E-state index is 11.6. The lowest BCUT2D eigenvalue weighted by atomic mass is 10.2. The van der Waals surface area contributed by atoms with Crippen molar-refractivity contribution in [3.8, 4) is 0 Å². The Morgan fingerprint density at radius 3 is 2.21 bits per heavy atom. The molecule has 0 heterocycles. The van der Waals surface area contributed by atoms with E-state index >= 15 is 0 Å². The Morgan fingerprint density at radius 1 is 1.26 bits per heavy atom. The highest BCUT2D eigenvalue weighted by Crippen LogP contribution is 2.34. The molecule has 0 bridgehead atoms. The van der Waals surface area contributed by atoms with Crippen molar-refractivity contribution in [1.29, 1.82) is 0 Å². The van der Waals surface area contributed by atoms with Crippen molar-refractivity contribution in [3.05, 3.63) is 22.2 Å². The lowest BCUT2D eigenvalue weighted by Crippen LogP contribution is -2.12. The van der Waals surface area contributed by atoms with Gasteiger partial charge in [0, 0.05) is 17.1 Å². The second kappa shape index (κ2) is 6.79. The minimum absolute atomic E-state index is 0.0246. The van der Waals surface area contributed by atoms with E-state index in [2.05, 4.69) is 5.32 Å². The van der Waals surface area contributed by atoms with Crippen LogP contribution in [0.5, 0.6) is 0 Å². The molecule has 1 N–H and O–H groups in total. The summed E-state index contributed by atoms with van der Waals surface area (Å²) in [5.41, 5.74) is 0.188. The summed E-state index contributed by atoms with van der Waals surface area (Å²) >= 11 is 11.8. The summed E-state index contributed by atoms with van der Waals surface area (Å²) in [5.74, 6) is -0.230. The van der Waals surface area contributed by atoms with Crippen molar-refractivity contribution in [2.24, 2.45) is 0 Å². The van der Waals surface area contributed by atoms with Gasteiger partial charge in [0.1, 0.15) is 0 Å². The molecule has 0 aliphatic heterocycles. The number of carbonyl (C=O) groups excluding carboxylic acids is 1. The van der Waals surface area contributed by atoms with E-state index in [-0.39, 0.29) is 26.5 Å². The van der Waals surface area contributed by atoms with E-state index in [4.69, 9.17) is 33.9 Å². The largest absolute Gasteiger partial charge is 0.324 e. The summed E-state index contributed by atoms with van der Waals surface area (Å²) in [6.07, 6.45) is 1.98. The number of anilines is 1. The third-order valence-corrected chi connectivity index (χ3v) is 4.25. The van der Waals surface area contributed by atoms with Crippen molar-refractivity contribution in [2.45, 2.75) is 31.1 Å². The van der Waals surface area contributed by atoms with Crippen molar-refractivity contribution in [3.63, 3.8) is 0 Å². The average molecular weight is 345 g/mol. The number of benzene rings is 1. The molecule has 0 spiro atoms. The van der Waals surface area contributed by atoms with Crippen molar-refractivity contribution < 1.29 is 13.2 Å². The number of rotatable bonds is 5. The highest BCUT2D eigenvalue weighted by molar-refractivity contribution is 8.13. The zero-order valence-corrected chi connectivity index (χ0v) is 13.1. The van der Waals surface area contributed by atoms with Crippen LogP contribution in [-0.2, 0) is 13.8 Å². The first kappa shape index (κ1) is 16.6. The van der Waals surface area contributed by atoms with Gasteiger partial charge in [0.25, 0.3) is 9.05 Å². The standard InChI is InChI=1S/C11H12Cl3NO3S/c1-2-3-4-10(16)15-11-8(12)5-7(6-9(11)13)19(14,17)18/h5-6H,2-4H2,1H3,(H,15,16). The molecule has 0 unspecified atom stereocenters. The second-order valence-electron chi connectivity index (χ2n) is 3.85. The van der Waals surface area contributed by atoms with E-state index in [9.17, 15) is 13.2 Å². The van der Waals surface area contributed by atoms with Crippen LogP contribution in [-0.4, -0.2) is 14.3 Å². The summed E-state index contributed by atoms with van der Waals surface area (Å²) < 4.78 is 22.3. The Hall–Kier alpha value is -0.490. The third kappa shape index (κ3) is 4.84. The predicted octanol–water partition coefficient (Wildman–Crippen LogP) is 4.05. The van der Waals surface area contributed by atoms with Gasteiger partial charge in [-0.05, 0) is 18.6 Å². The molecule has 106 valence electrons. The van der Waals surface area contributed by atoms with Crippen LogP contribution < -0.4 is 5.32 Å². The van der Waals surface area contributed by atoms with Gasteiger partial charge in [0.15, 0.2) is 0 Å². The Morgan fingerprint density at radius 2 is 1.79 bits per heavy atom. The Kier molecular flexibility index (Phi) is 5.92. The van der Waals surface area contributed by atoms with Crippen LogP contribution in [0, 0.1) is 0 Å². The molecule has 1 aromatic carbocycles. The van der Waals surface area contributed by atoms with Gasteiger partial charge in [-0.1, -0.05) is 36.5 Å². The molecule has 0 saturated heterocycles. The molecule has 8 heteroatoms. The third-order valence-electron chi connectivity index (χ3n) is 2.32. The highest BCUT2D eigenvalue weighted by Gasteiger charge is 2.17. The number of nitrogens with one attached hydrogen (secondary N) is 1. The molecular weight excluding hydrogens is 333 g/mol. The monoisotopic (exact) mass is 343 g/mol. The smallest absolute Gasteiger partial charge is 0.261 e. The van der Waals surface area contributed by atoms with Crippen molar-refractivity contribution >= 4 is 54.5 Å². The maximum Gasteiger partial charge on any atom is 0.261 e. The van der Waals surface area contributed by atoms with Crippen LogP contribution in [0.1, 0.15) is 26.2 Å². The molecule has 4 nitrogen and oxygen atoms in total. The molecule has 19 heavy (non-hydrogen) atoms. The molecule has 1 rings (SSSR count). The summed E-state index contributed by atoms with van der Waals surface area (Å²) in [6.45, 7) is 1.97. The topological polar surface area (TPSA) is 63.2 Å². The van der Waals surface area contributed by atoms with Crippen LogP contribution in [0.15, 0.2) is 17.0 Å².